The summed E-state index contributed by atoms with van der Waals surface area (Å²) < 4.78 is 12.8. The Hall–Kier alpha value is -3.09. The molecule has 3 heterocycles. The molecule has 4 rings (SSSR count). The zero-order valence-corrected chi connectivity index (χ0v) is 20.3. The number of hydrogen-bond donors (Lipinski definition) is 2. The maximum absolute atomic E-state index is 13.0. The number of nitrogens with zero attached hydrogens (tertiary/aromatic N) is 4. The van der Waals surface area contributed by atoms with Gasteiger partial charge in [0.15, 0.2) is 0 Å². The molecule has 2 atom stereocenters. The van der Waals surface area contributed by atoms with E-state index in [-0.39, 0.29) is 11.8 Å². The average Bonchev–Trinajstić information content (AvgIpc) is 3.60. The minimum Gasteiger partial charge on any atom is -0.497 e. The number of Topliss-reactive ketones (excluding diaryl/α,β-unsaturated/α-hetero) is 1. The molecule has 34 heavy (non-hydrogen) atoms. The Kier molecular flexibility index (Phi) is 7.70. The number of ether oxygens (including phenoxy) is 2. The summed E-state index contributed by atoms with van der Waals surface area (Å²) in [6.45, 7) is 7.09. The van der Waals surface area contributed by atoms with Gasteiger partial charge in [0.2, 0.25) is 0 Å². The summed E-state index contributed by atoms with van der Waals surface area (Å²) in [7, 11) is 3.15. The Bertz CT molecular complexity index is 1030. The fourth-order valence-corrected chi connectivity index (χ4v) is 4.97. The normalized spacial score (nSPS) is 19.1. The van der Waals surface area contributed by atoms with Crippen LogP contribution < -0.4 is 20.1 Å². The quantitative estimate of drug-likeness (QED) is 0.551. The lowest BCUT2D eigenvalue weighted by Crippen LogP contribution is -2.27. The lowest BCUT2D eigenvalue weighted by molar-refractivity contribution is -0.117. The molecule has 0 spiro atoms. The Morgan fingerprint density at radius 3 is 2.53 bits per heavy atom. The number of hydrogen-bond acceptors (Lipinski definition) is 8. The molecule has 0 saturated carbocycles. The van der Waals surface area contributed by atoms with Crippen LogP contribution in [0.4, 0.5) is 5.82 Å². The van der Waals surface area contributed by atoms with Crippen molar-refractivity contribution < 1.29 is 14.3 Å². The molecule has 9 heteroatoms. The van der Waals surface area contributed by atoms with Crippen LogP contribution in [0, 0.1) is 11.3 Å². The van der Waals surface area contributed by atoms with E-state index in [4.69, 9.17) is 14.6 Å². The van der Waals surface area contributed by atoms with E-state index >= 15 is 0 Å². The monoisotopic (exact) mass is 466 g/mol. The fraction of sp³-hybridized carbons (Fsp3) is 0.560. The summed E-state index contributed by atoms with van der Waals surface area (Å²) >= 11 is 0. The molecule has 1 aromatic carbocycles. The molecule has 2 aliphatic heterocycles. The van der Waals surface area contributed by atoms with E-state index in [9.17, 15) is 10.1 Å². The van der Waals surface area contributed by atoms with Crippen molar-refractivity contribution in [2.75, 3.05) is 58.8 Å². The van der Waals surface area contributed by atoms with E-state index in [2.05, 4.69) is 21.6 Å². The second-order valence-electron chi connectivity index (χ2n) is 8.98. The second-order valence-corrected chi connectivity index (χ2v) is 8.98. The number of rotatable bonds is 10. The predicted octanol–water partition coefficient (Wildman–Crippen LogP) is 2.53. The largest absolute Gasteiger partial charge is 0.497 e. The Morgan fingerprint density at radius 2 is 1.97 bits per heavy atom. The van der Waals surface area contributed by atoms with E-state index in [1.807, 2.05) is 16.8 Å². The van der Waals surface area contributed by atoms with E-state index in [1.54, 1.807) is 20.3 Å². The van der Waals surface area contributed by atoms with E-state index in [1.165, 1.54) is 19.8 Å². The highest BCUT2D eigenvalue weighted by atomic mass is 16.5. The van der Waals surface area contributed by atoms with Crippen LogP contribution in [0.3, 0.4) is 0 Å². The Balaban J connectivity index is 1.74. The molecule has 2 aliphatic rings. The zero-order chi connectivity index (χ0) is 24.1. The summed E-state index contributed by atoms with van der Waals surface area (Å²) in [5.74, 6) is 1.08. The standard InChI is InChI=1S/C25H34N6O3/c1-17(32)23(18-12-20(33-2)14-21(13-18)34-3)24-22(15-26)25(28-8-11-30-9-4-5-10-30)31(29-24)19-6-7-27-16-19/h12-14,19,23,27-28H,4-11,16H2,1-3H3. The molecule has 182 valence electrons. The van der Waals surface area contributed by atoms with Gasteiger partial charge >= 0.3 is 0 Å². The minimum atomic E-state index is -0.701. The second kappa shape index (κ2) is 10.9. The number of methoxy groups -OCH3 is 2. The van der Waals surface area contributed by atoms with Gasteiger partial charge in [-0.2, -0.15) is 10.4 Å². The van der Waals surface area contributed by atoms with Crippen LogP contribution in [0.1, 0.15) is 55.0 Å². The Labute approximate surface area is 201 Å². The molecule has 2 N–H and O–H groups in total. The van der Waals surface area contributed by atoms with Gasteiger partial charge in [0, 0.05) is 25.7 Å². The summed E-state index contributed by atoms with van der Waals surface area (Å²) in [5, 5.41) is 22.0. The van der Waals surface area contributed by atoms with Crippen molar-refractivity contribution in [2.45, 2.75) is 38.1 Å². The van der Waals surface area contributed by atoms with Gasteiger partial charge in [-0.15, -0.1) is 0 Å². The third-order valence-electron chi connectivity index (χ3n) is 6.74. The average molecular weight is 467 g/mol. The van der Waals surface area contributed by atoms with Crippen molar-refractivity contribution in [1.29, 1.82) is 5.26 Å². The predicted molar refractivity (Wildman–Crippen MR) is 130 cm³/mol. The van der Waals surface area contributed by atoms with Crippen molar-refractivity contribution in [1.82, 2.24) is 20.0 Å². The molecule has 0 aliphatic carbocycles. The highest BCUT2D eigenvalue weighted by Crippen LogP contribution is 2.36. The molecule has 0 bridgehead atoms. The molecular weight excluding hydrogens is 432 g/mol. The van der Waals surface area contributed by atoms with Gasteiger partial charge < -0.3 is 25.0 Å². The van der Waals surface area contributed by atoms with Crippen LogP contribution in [-0.4, -0.2) is 74.0 Å². The maximum atomic E-state index is 13.0. The van der Waals surface area contributed by atoms with Crippen LogP contribution in [0.5, 0.6) is 11.5 Å². The molecule has 0 radical (unpaired) electrons. The number of ketones is 1. The van der Waals surface area contributed by atoms with Crippen LogP contribution in [-0.2, 0) is 4.79 Å². The zero-order valence-electron chi connectivity index (χ0n) is 20.3. The van der Waals surface area contributed by atoms with Crippen LogP contribution in [0.2, 0.25) is 0 Å². The molecule has 2 aromatic rings. The molecule has 2 saturated heterocycles. The van der Waals surface area contributed by atoms with Crippen LogP contribution in [0.15, 0.2) is 18.2 Å². The lowest BCUT2D eigenvalue weighted by atomic mass is 9.89. The maximum Gasteiger partial charge on any atom is 0.143 e. The van der Waals surface area contributed by atoms with Crippen molar-refractivity contribution in [2.24, 2.45) is 0 Å². The molecular formula is C25H34N6O3. The SMILES string of the molecule is COc1cc(OC)cc(C(C(C)=O)c2nn(C3CCNC3)c(NCCN3CCCC3)c2C#N)c1. The topological polar surface area (TPSA) is 104 Å². The first-order chi connectivity index (χ1) is 16.5. The first-order valence-corrected chi connectivity index (χ1v) is 12.0. The summed E-state index contributed by atoms with van der Waals surface area (Å²) in [5.41, 5.74) is 1.59. The van der Waals surface area contributed by atoms with Gasteiger partial charge in [0.25, 0.3) is 0 Å². The van der Waals surface area contributed by atoms with Gasteiger partial charge in [-0.05, 0) is 63.5 Å². The Morgan fingerprint density at radius 1 is 1.26 bits per heavy atom. The molecule has 0 amide bonds. The van der Waals surface area contributed by atoms with Crippen LogP contribution in [0.25, 0.3) is 0 Å². The highest BCUT2D eigenvalue weighted by molar-refractivity contribution is 5.88. The van der Waals surface area contributed by atoms with E-state index in [0.29, 0.717) is 34.1 Å². The van der Waals surface area contributed by atoms with Crippen molar-refractivity contribution in [3.05, 3.63) is 35.0 Å². The first-order valence-electron chi connectivity index (χ1n) is 12.0. The van der Waals surface area contributed by atoms with E-state index in [0.717, 1.165) is 45.7 Å². The van der Waals surface area contributed by atoms with Gasteiger partial charge in [0.05, 0.1) is 31.9 Å². The number of benzene rings is 1. The molecule has 9 nitrogen and oxygen atoms in total. The lowest BCUT2D eigenvalue weighted by Gasteiger charge is -2.18. The smallest absolute Gasteiger partial charge is 0.143 e. The molecule has 2 unspecified atom stereocenters. The summed E-state index contributed by atoms with van der Waals surface area (Å²) in [4.78, 5) is 15.4. The fourth-order valence-electron chi connectivity index (χ4n) is 4.97. The number of likely N-dealkylation sites (tertiary alicyclic amines) is 1. The van der Waals surface area contributed by atoms with Crippen molar-refractivity contribution in [3.63, 3.8) is 0 Å². The molecule has 1 aromatic heterocycles. The van der Waals surface area contributed by atoms with Crippen molar-refractivity contribution in [3.8, 4) is 17.6 Å². The third-order valence-corrected chi connectivity index (χ3v) is 6.74. The van der Waals surface area contributed by atoms with E-state index < -0.39 is 5.92 Å². The van der Waals surface area contributed by atoms with Crippen molar-refractivity contribution >= 4 is 11.6 Å². The minimum absolute atomic E-state index is 0.0929. The van der Waals surface area contributed by atoms with Gasteiger partial charge in [-0.1, -0.05) is 0 Å². The number of anilines is 1. The number of aromatic nitrogens is 2. The summed E-state index contributed by atoms with van der Waals surface area (Å²) in [6, 6.07) is 7.87. The number of carbonyl (C=O) groups excluding carboxylic acids is 1. The summed E-state index contributed by atoms with van der Waals surface area (Å²) in [6.07, 6.45) is 3.40. The molecule has 2 fully saturated rings. The third kappa shape index (κ3) is 5.03. The first kappa shape index (κ1) is 24.0. The van der Waals surface area contributed by atoms with Gasteiger partial charge in [0.1, 0.15) is 34.7 Å². The number of carbonyl (C=O) groups is 1. The van der Waals surface area contributed by atoms with Crippen LogP contribution >= 0.6 is 0 Å². The number of nitriles is 1. The number of nitrogens with one attached hydrogen (secondary N) is 2. The van der Waals surface area contributed by atoms with Gasteiger partial charge in [-0.25, -0.2) is 4.68 Å². The highest BCUT2D eigenvalue weighted by Gasteiger charge is 2.32. The van der Waals surface area contributed by atoms with Gasteiger partial charge in [-0.3, -0.25) is 4.79 Å².